The highest BCUT2D eigenvalue weighted by Gasteiger charge is 2.21. The Hall–Kier alpha value is -1.47. The van der Waals surface area contributed by atoms with Gasteiger partial charge in [0.15, 0.2) is 0 Å². The molecular weight excluding hydrogens is 354 g/mol. The Morgan fingerprint density at radius 2 is 2.14 bits per heavy atom. The molecule has 2 rings (SSSR count). The number of carbonyl (C=O) groups excluding carboxylic acids is 1. The summed E-state index contributed by atoms with van der Waals surface area (Å²) in [5.41, 5.74) is 2.19. The van der Waals surface area contributed by atoms with E-state index in [1.165, 1.54) is 4.68 Å². The standard InChI is InChI=1S/C14H16BrN3O2S/c1-8-9(2)16-18(4)14(20)12(8)13(19)17(3)6-10-5-11(15)21-7-10/h5,7H,6H2,1-4H3. The summed E-state index contributed by atoms with van der Waals surface area (Å²) in [5, 5.41) is 6.07. The first-order valence-electron chi connectivity index (χ1n) is 6.34. The van der Waals surface area contributed by atoms with Crippen LogP contribution < -0.4 is 5.56 Å². The summed E-state index contributed by atoms with van der Waals surface area (Å²) in [6.07, 6.45) is 0. The minimum absolute atomic E-state index is 0.196. The Bertz CT molecular complexity index is 751. The van der Waals surface area contributed by atoms with Gasteiger partial charge in [0.2, 0.25) is 0 Å². The summed E-state index contributed by atoms with van der Waals surface area (Å²) >= 11 is 4.97. The molecule has 0 aliphatic carbocycles. The van der Waals surface area contributed by atoms with Crippen molar-refractivity contribution in [2.45, 2.75) is 20.4 Å². The van der Waals surface area contributed by atoms with Gasteiger partial charge in [0.05, 0.1) is 9.48 Å². The van der Waals surface area contributed by atoms with Gasteiger partial charge in [-0.15, -0.1) is 11.3 Å². The maximum Gasteiger partial charge on any atom is 0.279 e. The maximum atomic E-state index is 12.6. The second kappa shape index (κ2) is 6.11. The summed E-state index contributed by atoms with van der Waals surface area (Å²) in [6.45, 7) is 4.01. The fourth-order valence-corrected chi connectivity index (χ4v) is 3.27. The van der Waals surface area contributed by atoms with Gasteiger partial charge in [0.25, 0.3) is 11.5 Å². The number of amides is 1. The van der Waals surface area contributed by atoms with Gasteiger partial charge in [0, 0.05) is 20.6 Å². The molecule has 112 valence electrons. The molecule has 7 heteroatoms. The number of hydrogen-bond donors (Lipinski definition) is 0. The van der Waals surface area contributed by atoms with Crippen molar-refractivity contribution in [3.05, 3.63) is 48.0 Å². The lowest BCUT2D eigenvalue weighted by Gasteiger charge is -2.18. The first-order valence-corrected chi connectivity index (χ1v) is 8.01. The van der Waals surface area contributed by atoms with Crippen LogP contribution in [0.4, 0.5) is 0 Å². The molecule has 0 atom stereocenters. The van der Waals surface area contributed by atoms with Crippen LogP contribution in [0.5, 0.6) is 0 Å². The smallest absolute Gasteiger partial charge is 0.279 e. The van der Waals surface area contributed by atoms with Crippen molar-refractivity contribution < 1.29 is 4.79 Å². The average Bonchev–Trinajstić information content (AvgIpc) is 2.82. The summed E-state index contributed by atoms with van der Waals surface area (Å²) in [6, 6.07) is 1.97. The number of hydrogen-bond acceptors (Lipinski definition) is 4. The van der Waals surface area contributed by atoms with Crippen molar-refractivity contribution in [3.63, 3.8) is 0 Å². The molecule has 0 saturated heterocycles. The highest BCUT2D eigenvalue weighted by Crippen LogP contribution is 2.22. The highest BCUT2D eigenvalue weighted by atomic mass is 79.9. The van der Waals surface area contributed by atoms with Gasteiger partial charge in [-0.25, -0.2) is 4.68 Å². The Morgan fingerprint density at radius 3 is 2.71 bits per heavy atom. The van der Waals surface area contributed by atoms with E-state index in [2.05, 4.69) is 21.0 Å². The number of thiophene rings is 1. The van der Waals surface area contributed by atoms with Crippen LogP contribution in [0.25, 0.3) is 0 Å². The minimum Gasteiger partial charge on any atom is -0.337 e. The maximum absolute atomic E-state index is 12.6. The van der Waals surface area contributed by atoms with Crippen molar-refractivity contribution in [2.24, 2.45) is 7.05 Å². The van der Waals surface area contributed by atoms with E-state index in [-0.39, 0.29) is 17.0 Å². The zero-order valence-electron chi connectivity index (χ0n) is 12.3. The van der Waals surface area contributed by atoms with Crippen molar-refractivity contribution in [2.75, 3.05) is 7.05 Å². The number of aryl methyl sites for hydroxylation is 2. The van der Waals surface area contributed by atoms with Crippen LogP contribution in [0.1, 0.15) is 27.2 Å². The molecule has 21 heavy (non-hydrogen) atoms. The van der Waals surface area contributed by atoms with E-state index in [0.717, 1.165) is 9.35 Å². The van der Waals surface area contributed by atoms with Gasteiger partial charge in [-0.05, 0) is 52.4 Å². The molecular formula is C14H16BrN3O2S. The lowest BCUT2D eigenvalue weighted by Crippen LogP contribution is -2.36. The molecule has 0 bridgehead atoms. The van der Waals surface area contributed by atoms with Gasteiger partial charge in [-0.3, -0.25) is 9.59 Å². The quantitative estimate of drug-likeness (QED) is 0.834. The van der Waals surface area contributed by atoms with Crippen LogP contribution in [-0.2, 0) is 13.6 Å². The van der Waals surface area contributed by atoms with E-state index in [1.54, 1.807) is 44.2 Å². The van der Waals surface area contributed by atoms with Gasteiger partial charge in [-0.2, -0.15) is 5.10 Å². The summed E-state index contributed by atoms with van der Waals surface area (Å²) in [5.74, 6) is -0.277. The molecule has 2 aromatic heterocycles. The predicted octanol–water partition coefficient (Wildman–Crippen LogP) is 2.49. The molecule has 0 radical (unpaired) electrons. The highest BCUT2D eigenvalue weighted by molar-refractivity contribution is 9.11. The Kier molecular flexibility index (Phi) is 4.63. The fourth-order valence-electron chi connectivity index (χ4n) is 2.07. The second-order valence-corrected chi connectivity index (χ2v) is 7.22. The molecule has 0 spiro atoms. The minimum atomic E-state index is -0.360. The number of halogens is 1. The van der Waals surface area contributed by atoms with Crippen LogP contribution in [0.2, 0.25) is 0 Å². The molecule has 0 aliphatic rings. The van der Waals surface area contributed by atoms with Crippen LogP contribution >= 0.6 is 27.3 Å². The van der Waals surface area contributed by atoms with Gasteiger partial charge < -0.3 is 4.90 Å². The molecule has 2 heterocycles. The van der Waals surface area contributed by atoms with E-state index in [1.807, 2.05) is 11.4 Å². The summed E-state index contributed by atoms with van der Waals surface area (Å²) in [4.78, 5) is 26.3. The number of nitrogens with zero attached hydrogens (tertiary/aromatic N) is 3. The number of aromatic nitrogens is 2. The normalized spacial score (nSPS) is 10.7. The monoisotopic (exact) mass is 369 g/mol. The van der Waals surface area contributed by atoms with Crippen LogP contribution in [0.15, 0.2) is 20.0 Å². The molecule has 0 aromatic carbocycles. The SMILES string of the molecule is Cc1nn(C)c(=O)c(C(=O)N(C)Cc2csc(Br)c2)c1C. The van der Waals surface area contributed by atoms with Gasteiger partial charge in [-0.1, -0.05) is 0 Å². The zero-order chi connectivity index (χ0) is 15.7. The van der Waals surface area contributed by atoms with E-state index in [4.69, 9.17) is 0 Å². The number of carbonyl (C=O) groups is 1. The third-order valence-corrected chi connectivity index (χ3v) is 4.88. The lowest BCUT2D eigenvalue weighted by atomic mass is 10.1. The first kappa shape index (κ1) is 15.9. The molecule has 0 aliphatic heterocycles. The Labute approximate surface area is 135 Å². The van der Waals surface area contributed by atoms with Gasteiger partial charge >= 0.3 is 0 Å². The third kappa shape index (κ3) is 3.24. The summed E-state index contributed by atoms with van der Waals surface area (Å²) in [7, 11) is 3.25. The Balaban J connectivity index is 2.34. The molecule has 1 amide bonds. The lowest BCUT2D eigenvalue weighted by molar-refractivity contribution is 0.0781. The fraction of sp³-hybridized carbons (Fsp3) is 0.357. The molecule has 0 N–H and O–H groups in total. The first-order chi connectivity index (χ1) is 9.81. The van der Waals surface area contributed by atoms with E-state index < -0.39 is 0 Å². The zero-order valence-corrected chi connectivity index (χ0v) is 14.7. The average molecular weight is 370 g/mol. The second-order valence-electron chi connectivity index (χ2n) is 4.93. The molecule has 0 unspecified atom stereocenters. The molecule has 5 nitrogen and oxygen atoms in total. The van der Waals surface area contributed by atoms with Gasteiger partial charge in [0.1, 0.15) is 5.56 Å². The largest absolute Gasteiger partial charge is 0.337 e. The van der Waals surface area contributed by atoms with Crippen molar-refractivity contribution >= 4 is 33.2 Å². The van der Waals surface area contributed by atoms with Crippen LogP contribution in [0.3, 0.4) is 0 Å². The third-order valence-electron chi connectivity index (χ3n) is 3.33. The van der Waals surface area contributed by atoms with E-state index in [0.29, 0.717) is 17.8 Å². The number of rotatable bonds is 3. The topological polar surface area (TPSA) is 55.2 Å². The van der Waals surface area contributed by atoms with Crippen LogP contribution in [-0.4, -0.2) is 27.6 Å². The van der Waals surface area contributed by atoms with Crippen molar-refractivity contribution in [1.29, 1.82) is 0 Å². The molecule has 0 saturated carbocycles. The van der Waals surface area contributed by atoms with E-state index >= 15 is 0 Å². The van der Waals surface area contributed by atoms with Crippen LogP contribution in [0, 0.1) is 13.8 Å². The van der Waals surface area contributed by atoms with Crippen molar-refractivity contribution in [3.8, 4) is 0 Å². The predicted molar refractivity (Wildman–Crippen MR) is 86.8 cm³/mol. The molecule has 0 fully saturated rings. The molecule has 2 aromatic rings. The summed E-state index contributed by atoms with van der Waals surface area (Å²) < 4.78 is 2.23. The Morgan fingerprint density at radius 1 is 1.48 bits per heavy atom. The van der Waals surface area contributed by atoms with Crippen molar-refractivity contribution in [1.82, 2.24) is 14.7 Å². The van der Waals surface area contributed by atoms with E-state index in [9.17, 15) is 9.59 Å².